The maximum Gasteiger partial charge on any atom is 0.330 e. The number of esters is 1. The second-order valence-corrected chi connectivity index (χ2v) is 5.42. The maximum absolute atomic E-state index is 12.7. The van der Waals surface area contributed by atoms with Crippen molar-refractivity contribution in [1.29, 1.82) is 0 Å². The molecule has 1 atom stereocenters. The molecule has 0 aliphatic carbocycles. The predicted octanol–water partition coefficient (Wildman–Crippen LogP) is 5.78. The normalized spacial score (nSPS) is 10.1. The van der Waals surface area contributed by atoms with Gasteiger partial charge in [0.25, 0.3) is 0 Å². The monoisotopic (exact) mass is 480 g/mol. The van der Waals surface area contributed by atoms with E-state index in [0.29, 0.717) is 0 Å². The van der Waals surface area contributed by atoms with Crippen molar-refractivity contribution in [2.45, 2.75) is 60.9 Å². The van der Waals surface area contributed by atoms with E-state index in [-0.39, 0.29) is 35.7 Å². The summed E-state index contributed by atoms with van der Waals surface area (Å²) >= 11 is 5.59. The number of carbonyl (C=O) groups is 1. The average Bonchev–Trinajstić information content (AvgIpc) is 3.29. The van der Waals surface area contributed by atoms with Crippen molar-refractivity contribution < 1.29 is 18.3 Å². The zero-order chi connectivity index (χ0) is 24.6. The van der Waals surface area contributed by atoms with Crippen LogP contribution < -0.4 is 4.90 Å². The Bertz CT molecular complexity index is 796. The first-order chi connectivity index (χ1) is 14.9. The standard InChI is InChI=1S/C12H12ClFN6O4S.3C2H6/c1-3-7(11(21)24-2)19(9-4-5-18(17-9)25-14)10-8(20(22)23)6-15-12(13)16-10;3*1-2/h4-7H,3H2,1-2H3;3*1-2H3. The van der Waals surface area contributed by atoms with Gasteiger partial charge in [0.2, 0.25) is 11.1 Å². The number of nitro groups is 1. The molecule has 0 bridgehead atoms. The van der Waals surface area contributed by atoms with Crippen LogP contribution in [0.1, 0.15) is 54.9 Å². The van der Waals surface area contributed by atoms with Gasteiger partial charge >= 0.3 is 11.7 Å². The van der Waals surface area contributed by atoms with E-state index in [1.807, 2.05) is 41.5 Å². The lowest BCUT2D eigenvalue weighted by Gasteiger charge is -2.27. The summed E-state index contributed by atoms with van der Waals surface area (Å²) in [5.41, 5.74) is -0.491. The minimum atomic E-state index is -0.998. The van der Waals surface area contributed by atoms with Crippen LogP contribution in [0.5, 0.6) is 0 Å². The lowest BCUT2D eigenvalue weighted by molar-refractivity contribution is -0.384. The molecule has 31 heavy (non-hydrogen) atoms. The van der Waals surface area contributed by atoms with E-state index in [2.05, 4.69) is 15.1 Å². The molecular weight excluding hydrogens is 451 g/mol. The van der Waals surface area contributed by atoms with Crippen LogP contribution in [0.15, 0.2) is 18.5 Å². The molecule has 2 aromatic heterocycles. The van der Waals surface area contributed by atoms with Gasteiger partial charge in [0.05, 0.1) is 12.0 Å². The summed E-state index contributed by atoms with van der Waals surface area (Å²) in [7, 11) is 1.18. The lowest BCUT2D eigenvalue weighted by Crippen LogP contribution is -2.39. The van der Waals surface area contributed by atoms with Crippen LogP contribution in [0.2, 0.25) is 5.28 Å². The fourth-order valence-electron chi connectivity index (χ4n) is 2.12. The highest BCUT2D eigenvalue weighted by atomic mass is 35.5. The molecule has 1 unspecified atom stereocenters. The van der Waals surface area contributed by atoms with Gasteiger partial charge in [-0.25, -0.2) is 9.78 Å². The van der Waals surface area contributed by atoms with E-state index < -0.39 is 22.6 Å². The zero-order valence-electron chi connectivity index (χ0n) is 19.0. The summed E-state index contributed by atoms with van der Waals surface area (Å²) in [5, 5.41) is 15.0. The van der Waals surface area contributed by atoms with Crippen molar-refractivity contribution in [3.63, 3.8) is 0 Å². The molecule has 0 aliphatic rings. The van der Waals surface area contributed by atoms with Crippen molar-refractivity contribution in [3.8, 4) is 0 Å². The molecule has 0 saturated heterocycles. The second-order valence-electron chi connectivity index (χ2n) is 4.57. The molecular formula is C18H30ClFN6O4S. The van der Waals surface area contributed by atoms with Crippen LogP contribution in [-0.2, 0) is 9.53 Å². The summed E-state index contributed by atoms with van der Waals surface area (Å²) in [6, 6.07) is 0.375. The van der Waals surface area contributed by atoms with Crippen molar-refractivity contribution in [3.05, 3.63) is 33.9 Å². The molecule has 0 spiro atoms. The first-order valence-corrected chi connectivity index (χ1v) is 10.9. The van der Waals surface area contributed by atoms with E-state index in [1.54, 1.807) is 6.92 Å². The van der Waals surface area contributed by atoms with E-state index in [9.17, 15) is 18.8 Å². The maximum atomic E-state index is 12.7. The van der Waals surface area contributed by atoms with E-state index in [4.69, 9.17) is 16.3 Å². The van der Waals surface area contributed by atoms with Gasteiger partial charge in [0.15, 0.2) is 18.2 Å². The van der Waals surface area contributed by atoms with Gasteiger partial charge in [-0.3, -0.25) is 15.0 Å². The highest BCUT2D eigenvalue weighted by molar-refractivity contribution is 7.92. The smallest absolute Gasteiger partial charge is 0.330 e. The third-order valence-electron chi connectivity index (χ3n) is 3.19. The third-order valence-corrected chi connectivity index (χ3v) is 3.71. The predicted molar refractivity (Wildman–Crippen MR) is 122 cm³/mol. The molecule has 2 heterocycles. The molecule has 0 fully saturated rings. The first kappa shape index (κ1) is 30.7. The number of anilines is 2. The number of halogens is 2. The molecule has 10 nitrogen and oxygen atoms in total. The highest BCUT2D eigenvalue weighted by Crippen LogP contribution is 2.34. The molecule has 0 amide bonds. The van der Waals surface area contributed by atoms with Gasteiger partial charge in [0, 0.05) is 12.3 Å². The Labute approximate surface area is 191 Å². The summed E-state index contributed by atoms with van der Waals surface area (Å²) < 4.78 is 18.4. The minimum Gasteiger partial charge on any atom is -0.467 e. The van der Waals surface area contributed by atoms with Gasteiger partial charge in [-0.1, -0.05) is 48.5 Å². The molecule has 2 aromatic rings. The van der Waals surface area contributed by atoms with Crippen LogP contribution in [0.25, 0.3) is 0 Å². The third kappa shape index (κ3) is 8.66. The SMILES string of the molecule is CC.CC.CC.CCC(C(=O)OC)N(c1ccn(SF)n1)c1nc(Cl)ncc1[N+](=O)[O-]. The van der Waals surface area contributed by atoms with Gasteiger partial charge in [-0.15, -0.1) is 8.98 Å². The van der Waals surface area contributed by atoms with Crippen LogP contribution in [-0.4, -0.2) is 43.2 Å². The number of ether oxygens (including phenoxy) is 1. The van der Waals surface area contributed by atoms with Crippen molar-refractivity contribution in [2.75, 3.05) is 12.0 Å². The second kappa shape index (κ2) is 17.2. The van der Waals surface area contributed by atoms with Crippen molar-refractivity contribution >= 4 is 47.2 Å². The number of methoxy groups -OCH3 is 1. The molecule has 0 N–H and O–H groups in total. The van der Waals surface area contributed by atoms with E-state index in [0.717, 1.165) is 10.3 Å². The lowest BCUT2D eigenvalue weighted by atomic mass is 10.2. The topological polar surface area (TPSA) is 116 Å². The quantitative estimate of drug-likeness (QED) is 0.210. The highest BCUT2D eigenvalue weighted by Gasteiger charge is 2.34. The Morgan fingerprint density at radius 1 is 1.35 bits per heavy atom. The Balaban J connectivity index is 0. The van der Waals surface area contributed by atoms with Crippen LogP contribution in [0.4, 0.5) is 21.2 Å². The molecule has 0 aromatic carbocycles. The summed E-state index contributed by atoms with van der Waals surface area (Å²) in [5.74, 6) is -0.870. The van der Waals surface area contributed by atoms with Crippen LogP contribution >= 0.6 is 23.9 Å². The largest absolute Gasteiger partial charge is 0.467 e. The molecule has 2 rings (SSSR count). The molecule has 0 saturated carbocycles. The van der Waals surface area contributed by atoms with Crippen LogP contribution in [0.3, 0.4) is 0 Å². The summed E-state index contributed by atoms with van der Waals surface area (Å²) in [4.78, 5) is 31.4. The number of nitrogens with zero attached hydrogens (tertiary/aromatic N) is 6. The Hall–Kier alpha value is -2.47. The van der Waals surface area contributed by atoms with Gasteiger partial charge in [0.1, 0.15) is 12.2 Å². The van der Waals surface area contributed by atoms with Gasteiger partial charge in [-0.2, -0.15) is 9.07 Å². The Kier molecular flexibility index (Phi) is 17.1. The molecule has 13 heteroatoms. The summed E-state index contributed by atoms with van der Waals surface area (Å²) in [6.45, 7) is 13.7. The fourth-order valence-corrected chi connectivity index (χ4v) is 2.47. The van der Waals surface area contributed by atoms with Crippen molar-refractivity contribution in [1.82, 2.24) is 19.2 Å². The van der Waals surface area contributed by atoms with Gasteiger partial charge < -0.3 is 4.74 Å². The van der Waals surface area contributed by atoms with E-state index in [1.165, 1.54) is 24.3 Å². The fraction of sp³-hybridized carbons (Fsp3) is 0.556. The Morgan fingerprint density at radius 2 is 1.94 bits per heavy atom. The molecule has 0 radical (unpaired) electrons. The van der Waals surface area contributed by atoms with Gasteiger partial charge in [-0.05, 0) is 18.0 Å². The molecule has 0 aliphatic heterocycles. The van der Waals surface area contributed by atoms with E-state index >= 15 is 0 Å². The first-order valence-electron chi connectivity index (χ1n) is 9.81. The van der Waals surface area contributed by atoms with Crippen molar-refractivity contribution in [2.24, 2.45) is 0 Å². The minimum absolute atomic E-state index is 0.0558. The number of aromatic nitrogens is 4. The number of carbonyl (C=O) groups excluding carboxylic acids is 1. The van der Waals surface area contributed by atoms with Crippen LogP contribution in [0, 0.1) is 10.1 Å². The molecule has 176 valence electrons. The number of hydrogen-bond acceptors (Lipinski definition) is 9. The number of rotatable bonds is 7. The summed E-state index contributed by atoms with van der Waals surface area (Å²) in [6.07, 6.45) is 2.41. The zero-order valence-corrected chi connectivity index (χ0v) is 20.6. The Morgan fingerprint density at radius 3 is 2.35 bits per heavy atom. The number of hydrogen-bond donors (Lipinski definition) is 0. The average molecular weight is 481 g/mol.